The molecule has 7 heteroatoms. The van der Waals surface area contributed by atoms with Crippen molar-refractivity contribution in [1.82, 2.24) is 14.8 Å². The number of aromatic nitrogens is 3. The SMILES string of the molecule is Cc1nn(C)cc1NC(=O)c1cc(N2C[C@@H](C)O[C@H](C)C2)ccn1. The number of morpholine rings is 1. The number of nitrogens with zero attached hydrogens (tertiary/aromatic N) is 4. The van der Waals surface area contributed by atoms with E-state index in [0.717, 1.165) is 24.5 Å². The highest BCUT2D eigenvalue weighted by Gasteiger charge is 2.23. The quantitative estimate of drug-likeness (QED) is 0.932. The van der Waals surface area contributed by atoms with Gasteiger partial charge in [0.1, 0.15) is 5.69 Å². The van der Waals surface area contributed by atoms with Crippen molar-refractivity contribution in [3.05, 3.63) is 35.9 Å². The van der Waals surface area contributed by atoms with E-state index in [0.29, 0.717) is 11.4 Å². The number of hydrogen-bond donors (Lipinski definition) is 1. The molecule has 1 amide bonds. The summed E-state index contributed by atoms with van der Waals surface area (Å²) in [6.45, 7) is 7.58. The minimum atomic E-state index is -0.234. The van der Waals surface area contributed by atoms with Gasteiger partial charge in [0.2, 0.25) is 0 Å². The van der Waals surface area contributed by atoms with Crippen molar-refractivity contribution < 1.29 is 9.53 Å². The Hall–Kier alpha value is -2.41. The summed E-state index contributed by atoms with van der Waals surface area (Å²) in [7, 11) is 1.82. The number of carbonyl (C=O) groups is 1. The first-order chi connectivity index (χ1) is 11.4. The van der Waals surface area contributed by atoms with Gasteiger partial charge in [0.05, 0.1) is 23.6 Å². The zero-order valence-electron chi connectivity index (χ0n) is 14.5. The molecule has 1 aliphatic heterocycles. The van der Waals surface area contributed by atoms with Crippen LogP contribution in [-0.4, -0.2) is 46.0 Å². The van der Waals surface area contributed by atoms with Crippen LogP contribution in [0.4, 0.5) is 11.4 Å². The molecule has 0 bridgehead atoms. The van der Waals surface area contributed by atoms with Crippen molar-refractivity contribution in [2.75, 3.05) is 23.3 Å². The molecule has 0 unspecified atom stereocenters. The molecule has 128 valence electrons. The van der Waals surface area contributed by atoms with Gasteiger partial charge in [-0.2, -0.15) is 5.10 Å². The Kier molecular flexibility index (Phi) is 4.53. The lowest BCUT2D eigenvalue weighted by molar-refractivity contribution is -0.00522. The van der Waals surface area contributed by atoms with Gasteiger partial charge >= 0.3 is 0 Å². The lowest BCUT2D eigenvalue weighted by atomic mass is 10.2. The highest BCUT2D eigenvalue weighted by Crippen LogP contribution is 2.21. The Balaban J connectivity index is 1.77. The first kappa shape index (κ1) is 16.4. The lowest BCUT2D eigenvalue weighted by Gasteiger charge is -2.36. The molecular formula is C17H23N5O2. The molecule has 1 aliphatic rings. The van der Waals surface area contributed by atoms with Crippen LogP contribution in [0.3, 0.4) is 0 Å². The van der Waals surface area contributed by atoms with E-state index in [1.54, 1.807) is 17.1 Å². The average molecular weight is 329 g/mol. The Labute approximate surface area is 141 Å². The van der Waals surface area contributed by atoms with Gasteiger partial charge in [0.15, 0.2) is 0 Å². The van der Waals surface area contributed by atoms with E-state index in [1.807, 2.05) is 26.1 Å². The van der Waals surface area contributed by atoms with Gasteiger partial charge in [-0.25, -0.2) is 0 Å². The molecule has 0 aromatic carbocycles. The van der Waals surface area contributed by atoms with Crippen LogP contribution in [-0.2, 0) is 11.8 Å². The molecule has 0 saturated carbocycles. The van der Waals surface area contributed by atoms with E-state index >= 15 is 0 Å². The maximum atomic E-state index is 12.5. The van der Waals surface area contributed by atoms with Gasteiger partial charge in [-0.1, -0.05) is 0 Å². The third-order valence-electron chi connectivity index (χ3n) is 4.02. The molecule has 3 heterocycles. The van der Waals surface area contributed by atoms with E-state index in [1.165, 1.54) is 0 Å². The predicted octanol–water partition coefficient (Wildman–Crippen LogP) is 1.99. The third kappa shape index (κ3) is 3.56. The smallest absolute Gasteiger partial charge is 0.274 e. The number of carbonyl (C=O) groups excluding carboxylic acids is 1. The molecule has 3 rings (SSSR count). The average Bonchev–Trinajstić information content (AvgIpc) is 2.84. The molecule has 1 saturated heterocycles. The molecule has 2 aromatic rings. The Morgan fingerprint density at radius 2 is 2.04 bits per heavy atom. The monoisotopic (exact) mass is 329 g/mol. The van der Waals surface area contributed by atoms with E-state index in [-0.39, 0.29) is 18.1 Å². The van der Waals surface area contributed by atoms with Crippen LogP contribution >= 0.6 is 0 Å². The predicted molar refractivity (Wildman–Crippen MR) is 92.4 cm³/mol. The summed E-state index contributed by atoms with van der Waals surface area (Å²) in [4.78, 5) is 18.9. The van der Waals surface area contributed by atoms with E-state index in [4.69, 9.17) is 4.74 Å². The van der Waals surface area contributed by atoms with Crippen LogP contribution in [0.1, 0.15) is 30.0 Å². The standard InChI is InChI=1S/C17H23N5O2/c1-11-8-22(9-12(2)24-11)14-5-6-18-15(7-14)17(23)19-16-10-21(4)20-13(16)3/h5-7,10-12H,8-9H2,1-4H3,(H,19,23)/t11-,12-/m1/s1. The fraction of sp³-hybridized carbons (Fsp3) is 0.471. The normalized spacial score (nSPS) is 20.9. The lowest BCUT2D eigenvalue weighted by Crippen LogP contribution is -2.45. The maximum Gasteiger partial charge on any atom is 0.274 e. The van der Waals surface area contributed by atoms with Crippen molar-refractivity contribution in [2.24, 2.45) is 7.05 Å². The van der Waals surface area contributed by atoms with Crippen LogP contribution in [0.2, 0.25) is 0 Å². The fourth-order valence-electron chi connectivity index (χ4n) is 3.04. The van der Waals surface area contributed by atoms with Crippen molar-refractivity contribution in [2.45, 2.75) is 33.0 Å². The molecule has 1 fully saturated rings. The number of nitrogens with one attached hydrogen (secondary N) is 1. The minimum absolute atomic E-state index is 0.164. The molecule has 0 aliphatic carbocycles. The van der Waals surface area contributed by atoms with E-state index in [9.17, 15) is 4.79 Å². The summed E-state index contributed by atoms with van der Waals surface area (Å²) in [5, 5.41) is 7.09. The molecule has 0 spiro atoms. The van der Waals surface area contributed by atoms with Gasteiger partial charge in [0, 0.05) is 38.2 Å². The Bertz CT molecular complexity index is 732. The highest BCUT2D eigenvalue weighted by molar-refractivity contribution is 6.03. The number of amides is 1. The molecular weight excluding hydrogens is 306 g/mol. The summed E-state index contributed by atoms with van der Waals surface area (Å²) < 4.78 is 7.44. The highest BCUT2D eigenvalue weighted by atomic mass is 16.5. The van der Waals surface area contributed by atoms with Gasteiger partial charge < -0.3 is 15.0 Å². The third-order valence-corrected chi connectivity index (χ3v) is 4.02. The van der Waals surface area contributed by atoms with Crippen molar-refractivity contribution in [1.29, 1.82) is 0 Å². The number of rotatable bonds is 3. The Morgan fingerprint density at radius 3 is 2.67 bits per heavy atom. The molecule has 2 atom stereocenters. The molecule has 2 aromatic heterocycles. The second kappa shape index (κ2) is 6.60. The molecule has 0 radical (unpaired) electrons. The molecule has 24 heavy (non-hydrogen) atoms. The Morgan fingerprint density at radius 1 is 1.33 bits per heavy atom. The fourth-order valence-corrected chi connectivity index (χ4v) is 3.04. The maximum absolute atomic E-state index is 12.5. The molecule has 7 nitrogen and oxygen atoms in total. The van der Waals surface area contributed by atoms with Crippen LogP contribution in [0.25, 0.3) is 0 Å². The summed E-state index contributed by atoms with van der Waals surface area (Å²) in [6.07, 6.45) is 3.78. The topological polar surface area (TPSA) is 72.3 Å². The summed E-state index contributed by atoms with van der Waals surface area (Å²) in [5.74, 6) is -0.234. The van der Waals surface area contributed by atoms with Gasteiger partial charge in [-0.15, -0.1) is 0 Å². The number of ether oxygens (including phenoxy) is 1. The van der Waals surface area contributed by atoms with Crippen molar-refractivity contribution in [3.63, 3.8) is 0 Å². The number of pyridine rings is 1. The van der Waals surface area contributed by atoms with E-state index in [2.05, 4.69) is 34.1 Å². The van der Waals surface area contributed by atoms with Crippen LogP contribution in [0.5, 0.6) is 0 Å². The summed E-state index contributed by atoms with van der Waals surface area (Å²) in [6, 6.07) is 3.75. The summed E-state index contributed by atoms with van der Waals surface area (Å²) in [5.41, 5.74) is 2.85. The minimum Gasteiger partial charge on any atom is -0.372 e. The first-order valence-corrected chi connectivity index (χ1v) is 8.10. The second-order valence-corrected chi connectivity index (χ2v) is 6.32. The number of anilines is 2. The van der Waals surface area contributed by atoms with Crippen LogP contribution in [0, 0.1) is 6.92 Å². The van der Waals surface area contributed by atoms with E-state index < -0.39 is 0 Å². The van der Waals surface area contributed by atoms with Gasteiger partial charge in [0.25, 0.3) is 5.91 Å². The molecule has 1 N–H and O–H groups in total. The van der Waals surface area contributed by atoms with Crippen LogP contribution in [0.15, 0.2) is 24.5 Å². The zero-order chi connectivity index (χ0) is 17.3. The van der Waals surface area contributed by atoms with Crippen molar-refractivity contribution >= 4 is 17.3 Å². The first-order valence-electron chi connectivity index (χ1n) is 8.10. The summed E-state index contributed by atoms with van der Waals surface area (Å²) >= 11 is 0. The van der Waals surface area contributed by atoms with Gasteiger partial charge in [-0.3, -0.25) is 14.5 Å². The zero-order valence-corrected chi connectivity index (χ0v) is 14.5. The number of hydrogen-bond acceptors (Lipinski definition) is 5. The van der Waals surface area contributed by atoms with Crippen LogP contribution < -0.4 is 10.2 Å². The van der Waals surface area contributed by atoms with Gasteiger partial charge in [-0.05, 0) is 32.9 Å². The second-order valence-electron chi connectivity index (χ2n) is 6.32. The van der Waals surface area contributed by atoms with Crippen molar-refractivity contribution in [3.8, 4) is 0 Å². The number of aryl methyl sites for hydroxylation is 2. The largest absolute Gasteiger partial charge is 0.372 e.